The van der Waals surface area contributed by atoms with Crippen LogP contribution in [0.5, 0.6) is 0 Å². The van der Waals surface area contributed by atoms with E-state index in [0.717, 1.165) is 0 Å². The predicted octanol–water partition coefficient (Wildman–Crippen LogP) is -3.08. The molecular weight excluding hydrogens is 311 g/mol. The zero-order valence-corrected chi connectivity index (χ0v) is 12.0. The molecule has 1 fully saturated rings. The molecule has 0 aliphatic carbocycles. The maximum Gasteiger partial charge on any atom is 0.488 e. The Hall–Kier alpha value is -0.430. The number of hydrogen-bond acceptors (Lipinski definition) is 10. The van der Waals surface area contributed by atoms with Gasteiger partial charge < -0.3 is 35.8 Å². The first-order chi connectivity index (χ1) is 9.70. The average Bonchev–Trinajstić information content (AvgIpc) is 2.47. The summed E-state index contributed by atoms with van der Waals surface area (Å²) in [5.41, 5.74) is 5.26. The zero-order chi connectivity index (χ0) is 16.6. The number of phosphoric acid groups is 1. The zero-order valence-electron chi connectivity index (χ0n) is 11.1. The van der Waals surface area contributed by atoms with Gasteiger partial charge in [-0.3, -0.25) is 4.52 Å². The van der Waals surface area contributed by atoms with Crippen LogP contribution in [-0.2, 0) is 18.5 Å². The molecule has 6 atom stereocenters. The van der Waals surface area contributed by atoms with Gasteiger partial charge in [-0.05, 0) is 0 Å². The van der Waals surface area contributed by atoms with Gasteiger partial charge in [-0.1, -0.05) is 6.08 Å². The number of rotatable bonds is 5. The smallest absolute Gasteiger partial charge is 0.394 e. The van der Waals surface area contributed by atoms with Crippen LogP contribution in [-0.4, -0.2) is 69.2 Å². The summed E-state index contributed by atoms with van der Waals surface area (Å²) in [5.74, 6) is 4.37. The third-order valence-corrected chi connectivity index (χ3v) is 3.18. The lowest BCUT2D eigenvalue weighted by Gasteiger charge is -2.38. The van der Waals surface area contributed by atoms with Gasteiger partial charge in [0, 0.05) is 0 Å². The minimum absolute atomic E-state index is 0.0645. The van der Waals surface area contributed by atoms with Crippen molar-refractivity contribution >= 4 is 7.82 Å². The molecule has 0 spiro atoms. The highest BCUT2D eigenvalue weighted by atomic mass is 31.2. The number of ether oxygens (including phenoxy) is 1. The standard InChI is InChI=1S/C6H13NO5.C3H8NO4P/c7-3-5(10)4(9)2(1-8)12-6(3)11;1-2-3-7-9(5,6)8-4/h2-6,8-11H,1,7H2;2H,1,3-4H2,(H,5,6)/t2-,3-,4-,5-,6-;/m1./s1. The molecule has 1 heterocycles. The van der Waals surface area contributed by atoms with Crippen molar-refractivity contribution in [2.45, 2.75) is 30.6 Å². The Morgan fingerprint density at radius 2 is 1.90 bits per heavy atom. The van der Waals surface area contributed by atoms with Gasteiger partial charge >= 0.3 is 7.82 Å². The highest BCUT2D eigenvalue weighted by Gasteiger charge is 2.41. The number of nitrogens with two attached hydrogens (primary N) is 2. The molecule has 9 N–H and O–H groups in total. The Morgan fingerprint density at radius 1 is 1.33 bits per heavy atom. The van der Waals surface area contributed by atoms with Gasteiger partial charge in [-0.2, -0.15) is 0 Å². The second-order valence-electron chi connectivity index (χ2n) is 3.96. The SMILES string of the molecule is C=CCOP(=O)(O)ON.N[C@@H]1[C@@H](O)[C@H](O)[C@@H](CO)O[C@H]1O. The molecule has 1 aliphatic rings. The second kappa shape index (κ2) is 9.56. The van der Waals surface area contributed by atoms with Crippen LogP contribution in [0.3, 0.4) is 0 Å². The second-order valence-corrected chi connectivity index (χ2v) is 5.37. The molecule has 21 heavy (non-hydrogen) atoms. The third-order valence-electron chi connectivity index (χ3n) is 2.44. The first kappa shape index (κ1) is 20.6. The van der Waals surface area contributed by atoms with Crippen LogP contribution in [0.25, 0.3) is 0 Å². The number of phosphoric ester groups is 1. The van der Waals surface area contributed by atoms with Crippen molar-refractivity contribution in [3.8, 4) is 0 Å². The minimum atomic E-state index is -3.98. The van der Waals surface area contributed by atoms with Crippen LogP contribution in [0.4, 0.5) is 0 Å². The van der Waals surface area contributed by atoms with E-state index in [1.165, 1.54) is 6.08 Å². The highest BCUT2D eigenvalue weighted by Crippen LogP contribution is 2.40. The molecule has 0 aromatic carbocycles. The molecule has 0 bridgehead atoms. The molecule has 1 rings (SSSR count). The van der Waals surface area contributed by atoms with E-state index in [1.54, 1.807) is 0 Å². The quantitative estimate of drug-likeness (QED) is 0.153. The van der Waals surface area contributed by atoms with Crippen molar-refractivity contribution in [3.63, 3.8) is 0 Å². The van der Waals surface area contributed by atoms with E-state index >= 15 is 0 Å². The predicted molar refractivity (Wildman–Crippen MR) is 69.2 cm³/mol. The molecule has 0 aromatic rings. The van der Waals surface area contributed by atoms with E-state index in [4.69, 9.17) is 25.6 Å². The fourth-order valence-electron chi connectivity index (χ4n) is 1.29. The third kappa shape index (κ3) is 6.91. The van der Waals surface area contributed by atoms with Gasteiger partial charge in [0.15, 0.2) is 6.29 Å². The number of hydrogen-bond donors (Lipinski definition) is 7. The lowest BCUT2D eigenvalue weighted by molar-refractivity contribution is -0.248. The van der Waals surface area contributed by atoms with Crippen LogP contribution in [0.1, 0.15) is 0 Å². The largest absolute Gasteiger partial charge is 0.488 e. The fraction of sp³-hybridized carbons (Fsp3) is 0.778. The van der Waals surface area contributed by atoms with Crippen molar-refractivity contribution < 1.29 is 43.8 Å². The Kier molecular flexibility index (Phi) is 9.36. The molecule has 0 amide bonds. The Labute approximate surface area is 120 Å². The van der Waals surface area contributed by atoms with Crippen LogP contribution < -0.4 is 11.6 Å². The van der Waals surface area contributed by atoms with Gasteiger partial charge in [-0.15, -0.1) is 6.58 Å². The summed E-state index contributed by atoms with van der Waals surface area (Å²) in [7, 11) is -3.98. The molecular formula is C9H21N2O9P. The molecule has 0 aromatic heterocycles. The van der Waals surface area contributed by atoms with Gasteiger partial charge in [0.05, 0.1) is 19.3 Å². The fourth-order valence-corrected chi connectivity index (χ4v) is 1.65. The first-order valence-corrected chi connectivity index (χ1v) is 7.22. The molecule has 1 saturated heterocycles. The number of aliphatic hydroxyl groups excluding tert-OH is 4. The summed E-state index contributed by atoms with van der Waals surface area (Å²) in [6, 6.07) is -1.04. The van der Waals surface area contributed by atoms with E-state index in [2.05, 4.69) is 21.6 Å². The van der Waals surface area contributed by atoms with Crippen molar-refractivity contribution in [2.24, 2.45) is 11.6 Å². The van der Waals surface area contributed by atoms with Gasteiger partial charge in [0.1, 0.15) is 18.3 Å². The molecule has 126 valence electrons. The average molecular weight is 332 g/mol. The van der Waals surface area contributed by atoms with Crippen molar-refractivity contribution in [1.82, 2.24) is 0 Å². The molecule has 12 heteroatoms. The molecule has 0 saturated carbocycles. The van der Waals surface area contributed by atoms with Gasteiger partial charge in [0.2, 0.25) is 0 Å². The van der Waals surface area contributed by atoms with Crippen molar-refractivity contribution in [2.75, 3.05) is 13.2 Å². The summed E-state index contributed by atoms with van der Waals surface area (Å²) in [6.45, 7) is 2.71. The highest BCUT2D eigenvalue weighted by molar-refractivity contribution is 7.47. The van der Waals surface area contributed by atoms with Crippen LogP contribution in [0.15, 0.2) is 12.7 Å². The van der Waals surface area contributed by atoms with Crippen LogP contribution >= 0.6 is 7.82 Å². The minimum Gasteiger partial charge on any atom is -0.394 e. The summed E-state index contributed by atoms with van der Waals surface area (Å²) in [5, 5.41) is 36.1. The Bertz CT molecular complexity index is 353. The maximum absolute atomic E-state index is 10.3. The number of aliphatic hydroxyl groups is 4. The van der Waals surface area contributed by atoms with E-state index in [-0.39, 0.29) is 6.61 Å². The Balaban J connectivity index is 0.000000400. The summed E-state index contributed by atoms with van der Waals surface area (Å²) in [6.07, 6.45) is -3.54. The summed E-state index contributed by atoms with van der Waals surface area (Å²) < 4.78 is 22.7. The monoisotopic (exact) mass is 332 g/mol. The first-order valence-electron chi connectivity index (χ1n) is 5.73. The van der Waals surface area contributed by atoms with E-state index < -0.39 is 45.1 Å². The van der Waals surface area contributed by atoms with Crippen molar-refractivity contribution in [3.05, 3.63) is 12.7 Å². The van der Waals surface area contributed by atoms with Crippen molar-refractivity contribution in [1.29, 1.82) is 0 Å². The van der Waals surface area contributed by atoms with E-state index in [9.17, 15) is 14.8 Å². The topological polar surface area (TPSA) is 198 Å². The Morgan fingerprint density at radius 3 is 2.33 bits per heavy atom. The molecule has 1 aliphatic heterocycles. The lowest BCUT2D eigenvalue weighted by Crippen LogP contribution is -2.61. The van der Waals surface area contributed by atoms with E-state index in [0.29, 0.717) is 0 Å². The summed E-state index contributed by atoms with van der Waals surface area (Å²) in [4.78, 5) is 8.39. The molecule has 0 radical (unpaired) electrons. The molecule has 1 unspecified atom stereocenters. The normalized spacial score (nSPS) is 35.3. The summed E-state index contributed by atoms with van der Waals surface area (Å²) >= 11 is 0. The van der Waals surface area contributed by atoms with E-state index in [1.807, 2.05) is 0 Å². The maximum atomic E-state index is 10.3. The van der Waals surface area contributed by atoms with Crippen LogP contribution in [0, 0.1) is 0 Å². The lowest BCUT2D eigenvalue weighted by atomic mass is 9.98. The van der Waals surface area contributed by atoms with Gasteiger partial charge in [-0.25, -0.2) is 15.1 Å². The molecule has 11 nitrogen and oxygen atoms in total. The van der Waals surface area contributed by atoms with Crippen LogP contribution in [0.2, 0.25) is 0 Å². The van der Waals surface area contributed by atoms with Gasteiger partial charge in [0.25, 0.3) is 0 Å².